The second-order valence-electron chi connectivity index (χ2n) is 8.63. The number of halogens is 1. The van der Waals surface area contributed by atoms with Crippen molar-refractivity contribution in [3.05, 3.63) is 65.2 Å². The Kier molecular flexibility index (Phi) is 5.88. The van der Waals surface area contributed by atoms with Crippen LogP contribution in [0.25, 0.3) is 22.5 Å². The maximum absolute atomic E-state index is 9.60. The van der Waals surface area contributed by atoms with Crippen LogP contribution in [-0.4, -0.2) is 46.9 Å². The highest BCUT2D eigenvalue weighted by molar-refractivity contribution is 6.30. The summed E-state index contributed by atoms with van der Waals surface area (Å²) in [6, 6.07) is 18.3. The quantitative estimate of drug-likeness (QED) is 0.464. The molecule has 7 heteroatoms. The van der Waals surface area contributed by atoms with Crippen LogP contribution in [0.3, 0.4) is 0 Å². The first-order valence-electron chi connectivity index (χ1n) is 10.2. The SMILES string of the molecule is CC(C)(C)OC=O.Clc1ccc(-c2cc(-c3ccc(C45CN4CCO5)cc3)n[nH]2)cc1. The van der Waals surface area contributed by atoms with Gasteiger partial charge in [0.25, 0.3) is 6.47 Å². The van der Waals surface area contributed by atoms with Crippen LogP contribution in [0.4, 0.5) is 0 Å². The first-order chi connectivity index (χ1) is 14.8. The standard InChI is InChI=1S/C19H16ClN3O.C5H10O2/c20-16-7-3-14(4-8-16)18-11-17(21-22-18)13-1-5-15(6-2-13)19-12-23(19)9-10-24-19;1-5(2,3)7-4-6/h1-8,11H,9-10,12H2,(H,21,22);4H,1-3H3. The maximum atomic E-state index is 9.60. The van der Waals surface area contributed by atoms with Crippen LogP contribution < -0.4 is 0 Å². The second-order valence-corrected chi connectivity index (χ2v) is 9.07. The van der Waals surface area contributed by atoms with Gasteiger partial charge in [-0.25, -0.2) is 0 Å². The van der Waals surface area contributed by atoms with Gasteiger partial charge in [-0.05, 0) is 44.5 Å². The smallest absolute Gasteiger partial charge is 0.293 e. The highest BCUT2D eigenvalue weighted by Gasteiger charge is 2.58. The van der Waals surface area contributed by atoms with Crippen LogP contribution >= 0.6 is 11.6 Å². The van der Waals surface area contributed by atoms with Crippen LogP contribution in [0, 0.1) is 0 Å². The van der Waals surface area contributed by atoms with Crippen molar-refractivity contribution in [2.45, 2.75) is 32.1 Å². The van der Waals surface area contributed by atoms with Gasteiger partial charge in [-0.2, -0.15) is 5.10 Å². The minimum Gasteiger partial charge on any atom is -0.462 e. The Balaban J connectivity index is 0.000000289. The number of carbonyl (C=O) groups excluding carboxylic acids is 1. The molecule has 0 spiro atoms. The van der Waals surface area contributed by atoms with E-state index >= 15 is 0 Å². The summed E-state index contributed by atoms with van der Waals surface area (Å²) in [5.41, 5.74) is 4.86. The molecule has 0 radical (unpaired) electrons. The van der Waals surface area contributed by atoms with Gasteiger partial charge in [-0.3, -0.25) is 14.8 Å². The molecule has 2 aliphatic heterocycles. The highest BCUT2D eigenvalue weighted by Crippen LogP contribution is 2.47. The molecule has 2 aromatic carbocycles. The number of nitrogens with one attached hydrogen (secondary N) is 1. The van der Waals surface area contributed by atoms with Crippen molar-refractivity contribution in [1.82, 2.24) is 15.1 Å². The van der Waals surface area contributed by atoms with Crippen LogP contribution in [-0.2, 0) is 20.0 Å². The van der Waals surface area contributed by atoms with Crippen molar-refractivity contribution in [1.29, 1.82) is 0 Å². The van der Waals surface area contributed by atoms with E-state index in [4.69, 9.17) is 16.3 Å². The average Bonchev–Trinajstić information content (AvgIpc) is 3.07. The number of morpholine rings is 1. The Labute approximate surface area is 187 Å². The van der Waals surface area contributed by atoms with Gasteiger partial charge in [-0.1, -0.05) is 48.0 Å². The number of aromatic amines is 1. The largest absolute Gasteiger partial charge is 0.462 e. The molecular weight excluding hydrogens is 414 g/mol. The Morgan fingerprint density at radius 1 is 1.13 bits per heavy atom. The molecule has 162 valence electrons. The van der Waals surface area contributed by atoms with Gasteiger partial charge in [-0.15, -0.1) is 0 Å². The Morgan fingerprint density at radius 3 is 2.32 bits per heavy atom. The molecule has 1 aromatic heterocycles. The molecule has 3 aromatic rings. The van der Waals surface area contributed by atoms with Crippen molar-refractivity contribution in [3.8, 4) is 22.5 Å². The summed E-state index contributed by atoms with van der Waals surface area (Å²) in [4.78, 5) is 12.0. The molecule has 0 amide bonds. The lowest BCUT2D eigenvalue weighted by molar-refractivity contribution is -0.138. The van der Waals surface area contributed by atoms with E-state index in [1.54, 1.807) is 0 Å². The number of H-pyrrole nitrogens is 1. The lowest BCUT2D eigenvalue weighted by atomic mass is 10.0. The molecule has 2 atom stereocenters. The van der Waals surface area contributed by atoms with Crippen molar-refractivity contribution in [2.24, 2.45) is 0 Å². The predicted molar refractivity (Wildman–Crippen MR) is 121 cm³/mol. The van der Waals surface area contributed by atoms with E-state index in [-0.39, 0.29) is 11.3 Å². The molecule has 2 aliphatic rings. The van der Waals surface area contributed by atoms with E-state index in [1.807, 2.05) is 45.0 Å². The lowest BCUT2D eigenvalue weighted by Gasteiger charge is -2.14. The molecule has 2 unspecified atom stereocenters. The first-order valence-corrected chi connectivity index (χ1v) is 10.6. The topological polar surface area (TPSA) is 67.2 Å². The third kappa shape index (κ3) is 4.82. The number of hydrogen-bond acceptors (Lipinski definition) is 5. The number of nitrogens with zero attached hydrogens (tertiary/aromatic N) is 2. The summed E-state index contributed by atoms with van der Waals surface area (Å²) in [7, 11) is 0. The Morgan fingerprint density at radius 2 is 1.81 bits per heavy atom. The number of aromatic nitrogens is 2. The molecule has 0 saturated carbocycles. The van der Waals surface area contributed by atoms with Crippen molar-refractivity contribution in [3.63, 3.8) is 0 Å². The average molecular weight is 440 g/mol. The fourth-order valence-corrected chi connectivity index (χ4v) is 3.72. The zero-order chi connectivity index (χ0) is 22.1. The van der Waals surface area contributed by atoms with Crippen molar-refractivity contribution in [2.75, 3.05) is 19.7 Å². The minimum atomic E-state index is -0.318. The molecule has 31 heavy (non-hydrogen) atoms. The van der Waals surface area contributed by atoms with Gasteiger partial charge in [0.1, 0.15) is 5.60 Å². The second kappa shape index (κ2) is 8.46. The monoisotopic (exact) mass is 439 g/mol. The lowest BCUT2D eigenvalue weighted by Crippen LogP contribution is -2.17. The Hall–Kier alpha value is -2.67. The molecule has 1 N–H and O–H groups in total. The zero-order valence-corrected chi connectivity index (χ0v) is 18.6. The Bertz CT molecular complexity index is 1040. The van der Waals surface area contributed by atoms with Gasteiger partial charge in [0, 0.05) is 29.2 Å². The third-order valence-electron chi connectivity index (χ3n) is 5.28. The number of fused-ring (bicyclic) bond motifs is 1. The van der Waals surface area contributed by atoms with Gasteiger partial charge >= 0.3 is 0 Å². The fraction of sp³-hybridized carbons (Fsp3) is 0.333. The number of ether oxygens (including phenoxy) is 2. The van der Waals surface area contributed by atoms with E-state index in [0.29, 0.717) is 6.47 Å². The van der Waals surface area contributed by atoms with Crippen molar-refractivity contribution >= 4 is 18.1 Å². The number of carbonyl (C=O) groups is 1. The van der Waals surface area contributed by atoms with Gasteiger partial charge < -0.3 is 9.47 Å². The third-order valence-corrected chi connectivity index (χ3v) is 5.53. The highest BCUT2D eigenvalue weighted by atomic mass is 35.5. The summed E-state index contributed by atoms with van der Waals surface area (Å²) < 4.78 is 10.5. The molecule has 2 fully saturated rings. The summed E-state index contributed by atoms with van der Waals surface area (Å²) in [5.74, 6) is 0. The predicted octanol–water partition coefficient (Wildman–Crippen LogP) is 4.85. The molecule has 6 nitrogen and oxygen atoms in total. The molecule has 3 heterocycles. The minimum absolute atomic E-state index is 0.140. The van der Waals surface area contributed by atoms with Gasteiger partial charge in [0.2, 0.25) is 0 Å². The van der Waals surface area contributed by atoms with Gasteiger partial charge in [0.15, 0.2) is 5.72 Å². The van der Waals surface area contributed by atoms with Crippen LogP contribution in [0.15, 0.2) is 54.6 Å². The number of hydrogen-bond donors (Lipinski definition) is 1. The summed E-state index contributed by atoms with van der Waals surface area (Å²) in [5, 5.41) is 8.27. The van der Waals surface area contributed by atoms with E-state index in [2.05, 4.69) is 50.2 Å². The molecule has 2 saturated heterocycles. The summed E-state index contributed by atoms with van der Waals surface area (Å²) in [6.45, 7) is 8.79. The number of rotatable bonds is 4. The normalized spacial score (nSPS) is 21.6. The van der Waals surface area contributed by atoms with Crippen LogP contribution in [0.1, 0.15) is 26.3 Å². The van der Waals surface area contributed by atoms with E-state index in [9.17, 15) is 4.79 Å². The molecule has 0 aliphatic carbocycles. The van der Waals surface area contributed by atoms with Crippen LogP contribution in [0.5, 0.6) is 0 Å². The fourth-order valence-electron chi connectivity index (χ4n) is 3.59. The van der Waals surface area contributed by atoms with Crippen LogP contribution in [0.2, 0.25) is 5.02 Å². The van der Waals surface area contributed by atoms with E-state index in [0.717, 1.165) is 47.2 Å². The van der Waals surface area contributed by atoms with E-state index < -0.39 is 0 Å². The number of benzene rings is 2. The molecular formula is C24H26ClN3O3. The molecule has 0 bridgehead atoms. The maximum Gasteiger partial charge on any atom is 0.293 e. The zero-order valence-electron chi connectivity index (χ0n) is 17.9. The summed E-state index contributed by atoms with van der Waals surface area (Å²) >= 11 is 5.94. The molecule has 5 rings (SSSR count). The van der Waals surface area contributed by atoms with Crippen molar-refractivity contribution < 1.29 is 14.3 Å². The van der Waals surface area contributed by atoms with E-state index in [1.165, 1.54) is 5.56 Å². The first kappa shape index (κ1) is 21.6. The van der Waals surface area contributed by atoms with Gasteiger partial charge in [0.05, 0.1) is 18.0 Å². The summed E-state index contributed by atoms with van der Waals surface area (Å²) in [6.07, 6.45) is 0.